The van der Waals surface area contributed by atoms with E-state index in [0.29, 0.717) is 17.8 Å². The van der Waals surface area contributed by atoms with Crippen LogP contribution in [0, 0.1) is 6.92 Å². The summed E-state index contributed by atoms with van der Waals surface area (Å²) in [5, 5.41) is 5.56. The standard InChI is InChI=1S/C66H66S/c1-40-22-24-42(25-23-40)44(34-47-16-15-20-54-52-18-13-14-21-61(52)67-63(47)54)26-27-46-37-60-62(53-19-12-11-17-50(46)53)55-32-29-43(36-59(55)66(60,9)10)41(2)56-35-45-28-30-48(64(3,4)5)38-57(45)58-39-49(65(6,7)8)31-33-51(56)58/h11-25,28-33,36-39,41,44,56H,26-27,34-35H2,1-10H3. The number of thiophene rings is 1. The molecule has 8 aromatic carbocycles. The van der Waals surface area contributed by atoms with Crippen LogP contribution in [0.2, 0.25) is 0 Å². The smallest absolute Gasteiger partial charge is 0.0387 e. The Morgan fingerprint density at radius 1 is 0.582 bits per heavy atom. The van der Waals surface area contributed by atoms with Crippen LogP contribution in [0.1, 0.15) is 148 Å². The fraction of sp³-hybridized carbons (Fsp3) is 0.303. The van der Waals surface area contributed by atoms with Crippen LogP contribution in [-0.2, 0) is 35.5 Å². The molecule has 0 spiro atoms. The number of fused-ring (bicyclic) bond motifs is 11. The second-order valence-electron chi connectivity index (χ2n) is 22.9. The van der Waals surface area contributed by atoms with E-state index in [1.54, 1.807) is 0 Å². The highest BCUT2D eigenvalue weighted by Crippen LogP contribution is 2.54. The molecule has 0 N–H and O–H groups in total. The summed E-state index contributed by atoms with van der Waals surface area (Å²) >= 11 is 1.96. The maximum Gasteiger partial charge on any atom is 0.0387 e. The van der Waals surface area contributed by atoms with Crippen molar-refractivity contribution in [2.75, 3.05) is 0 Å². The van der Waals surface area contributed by atoms with Gasteiger partial charge < -0.3 is 0 Å². The minimum atomic E-state index is -0.131. The fourth-order valence-corrected chi connectivity index (χ4v) is 13.3. The molecular formula is C66H66S. The zero-order valence-electron chi connectivity index (χ0n) is 41.4. The first kappa shape index (κ1) is 43.8. The van der Waals surface area contributed by atoms with E-state index in [4.69, 9.17) is 0 Å². The summed E-state index contributed by atoms with van der Waals surface area (Å²) in [6.07, 6.45) is 4.20. The molecule has 9 aromatic rings. The monoisotopic (exact) mass is 890 g/mol. The normalized spacial score (nSPS) is 16.2. The highest BCUT2D eigenvalue weighted by atomic mass is 32.1. The van der Waals surface area contributed by atoms with E-state index in [2.05, 4.69) is 221 Å². The van der Waals surface area contributed by atoms with Crippen molar-refractivity contribution in [1.82, 2.24) is 0 Å². The molecule has 0 saturated heterocycles. The highest BCUT2D eigenvalue weighted by molar-refractivity contribution is 7.26. The SMILES string of the molecule is Cc1ccc(C(CCc2cc3c(c4ccccc24)-c2ccc(C(C)C4Cc5ccc(C(C)(C)C)cc5-c5cc(C(C)(C)C)ccc54)cc2C3(C)C)Cc2cccc3c2sc2ccccc23)cc1. The number of hydrogen-bond acceptors (Lipinski definition) is 1. The van der Waals surface area contributed by atoms with Crippen LogP contribution in [0.25, 0.3) is 53.2 Å². The third-order valence-corrected chi connectivity index (χ3v) is 17.5. The molecule has 0 nitrogen and oxygen atoms in total. The Morgan fingerprint density at radius 3 is 1.99 bits per heavy atom. The maximum absolute atomic E-state index is 2.62. The molecule has 2 aliphatic carbocycles. The van der Waals surface area contributed by atoms with Crippen molar-refractivity contribution in [2.24, 2.45) is 0 Å². The van der Waals surface area contributed by atoms with E-state index in [-0.39, 0.29) is 16.2 Å². The van der Waals surface area contributed by atoms with Crippen LogP contribution in [0.15, 0.2) is 152 Å². The van der Waals surface area contributed by atoms with Gasteiger partial charge in [-0.05, 0) is 156 Å². The largest absolute Gasteiger partial charge is 0.135 e. The first-order chi connectivity index (χ1) is 32.0. The van der Waals surface area contributed by atoms with Gasteiger partial charge >= 0.3 is 0 Å². The highest BCUT2D eigenvalue weighted by Gasteiger charge is 2.39. The molecule has 0 aliphatic heterocycles. The van der Waals surface area contributed by atoms with Gasteiger partial charge in [-0.3, -0.25) is 0 Å². The Hall–Kier alpha value is -5.76. The van der Waals surface area contributed by atoms with Crippen LogP contribution in [-0.4, -0.2) is 0 Å². The van der Waals surface area contributed by atoms with Gasteiger partial charge in [-0.25, -0.2) is 0 Å². The first-order valence-corrected chi connectivity index (χ1v) is 25.8. The summed E-state index contributed by atoms with van der Waals surface area (Å²) < 4.78 is 2.82. The van der Waals surface area contributed by atoms with Crippen LogP contribution in [0.5, 0.6) is 0 Å². The van der Waals surface area contributed by atoms with Gasteiger partial charge in [-0.1, -0.05) is 213 Å². The van der Waals surface area contributed by atoms with Gasteiger partial charge in [-0.2, -0.15) is 0 Å². The lowest BCUT2D eigenvalue weighted by Crippen LogP contribution is -2.21. The molecule has 336 valence electrons. The Labute approximate surface area is 404 Å². The Bertz CT molecular complexity index is 3370. The van der Waals surface area contributed by atoms with Crippen molar-refractivity contribution in [3.63, 3.8) is 0 Å². The van der Waals surface area contributed by atoms with Gasteiger partial charge in [0, 0.05) is 25.6 Å². The third kappa shape index (κ3) is 7.57. The van der Waals surface area contributed by atoms with Gasteiger partial charge in [0.1, 0.15) is 0 Å². The van der Waals surface area contributed by atoms with Crippen molar-refractivity contribution in [1.29, 1.82) is 0 Å². The maximum atomic E-state index is 2.62. The van der Waals surface area contributed by atoms with Crippen molar-refractivity contribution in [3.8, 4) is 22.3 Å². The van der Waals surface area contributed by atoms with E-state index in [1.165, 1.54) is 114 Å². The average Bonchev–Trinajstić information content (AvgIpc) is 3.81. The predicted molar refractivity (Wildman–Crippen MR) is 291 cm³/mol. The number of hydrogen-bond donors (Lipinski definition) is 0. The quantitative estimate of drug-likeness (QED) is 0.143. The second kappa shape index (κ2) is 16.2. The molecule has 3 atom stereocenters. The fourth-order valence-electron chi connectivity index (χ4n) is 12.0. The molecule has 3 unspecified atom stereocenters. The molecule has 1 heteroatoms. The summed E-state index contributed by atoms with van der Waals surface area (Å²) in [7, 11) is 0. The minimum Gasteiger partial charge on any atom is -0.135 e. The molecule has 67 heavy (non-hydrogen) atoms. The number of benzene rings is 8. The zero-order chi connectivity index (χ0) is 46.6. The predicted octanol–water partition coefficient (Wildman–Crippen LogP) is 18.5. The van der Waals surface area contributed by atoms with Crippen LogP contribution in [0.4, 0.5) is 0 Å². The Morgan fingerprint density at radius 2 is 1.24 bits per heavy atom. The van der Waals surface area contributed by atoms with Gasteiger partial charge in [0.05, 0.1) is 0 Å². The van der Waals surface area contributed by atoms with Crippen LogP contribution < -0.4 is 0 Å². The zero-order valence-corrected chi connectivity index (χ0v) is 42.2. The van der Waals surface area contributed by atoms with Gasteiger partial charge in [0.25, 0.3) is 0 Å². The summed E-state index contributed by atoms with van der Waals surface area (Å²) in [4.78, 5) is 0. The van der Waals surface area contributed by atoms with E-state index < -0.39 is 0 Å². The van der Waals surface area contributed by atoms with E-state index in [1.807, 2.05) is 11.3 Å². The summed E-state index contributed by atoms with van der Waals surface area (Å²) in [5.74, 6) is 1.14. The second-order valence-corrected chi connectivity index (χ2v) is 24.0. The van der Waals surface area contributed by atoms with Crippen LogP contribution >= 0.6 is 11.3 Å². The summed E-state index contributed by atoms with van der Waals surface area (Å²) in [6.45, 7) is 23.7. The molecule has 0 bridgehead atoms. The van der Waals surface area contributed by atoms with E-state index in [0.717, 1.165) is 25.7 Å². The molecule has 0 amide bonds. The number of aryl methyl sites for hydroxylation is 2. The lowest BCUT2D eigenvalue weighted by Gasteiger charge is -2.35. The molecule has 0 fully saturated rings. The average molecular weight is 891 g/mol. The van der Waals surface area contributed by atoms with Crippen molar-refractivity contribution in [2.45, 2.75) is 129 Å². The van der Waals surface area contributed by atoms with Gasteiger partial charge in [0.2, 0.25) is 0 Å². The van der Waals surface area contributed by atoms with Crippen LogP contribution in [0.3, 0.4) is 0 Å². The van der Waals surface area contributed by atoms with E-state index >= 15 is 0 Å². The molecular weight excluding hydrogens is 825 g/mol. The van der Waals surface area contributed by atoms with Crippen molar-refractivity contribution >= 4 is 42.3 Å². The lowest BCUT2D eigenvalue weighted by atomic mass is 9.69. The number of rotatable bonds is 8. The van der Waals surface area contributed by atoms with Crippen molar-refractivity contribution < 1.29 is 0 Å². The molecule has 2 aliphatic rings. The molecule has 11 rings (SSSR count). The molecule has 0 radical (unpaired) electrons. The topological polar surface area (TPSA) is 0 Å². The lowest BCUT2D eigenvalue weighted by molar-refractivity contribution is 0.559. The summed E-state index contributed by atoms with van der Waals surface area (Å²) in [5.41, 5.74) is 21.7. The molecule has 1 heterocycles. The third-order valence-electron chi connectivity index (χ3n) is 16.2. The molecule has 0 saturated carbocycles. The summed E-state index contributed by atoms with van der Waals surface area (Å²) in [6, 6.07) is 59.5. The van der Waals surface area contributed by atoms with Gasteiger partial charge in [-0.15, -0.1) is 11.3 Å². The van der Waals surface area contributed by atoms with Gasteiger partial charge in [0.15, 0.2) is 0 Å². The Kier molecular flexibility index (Phi) is 10.6. The van der Waals surface area contributed by atoms with E-state index in [9.17, 15) is 0 Å². The first-order valence-electron chi connectivity index (χ1n) is 25.0. The minimum absolute atomic E-state index is 0.0814. The van der Waals surface area contributed by atoms with Crippen molar-refractivity contribution in [3.05, 3.63) is 213 Å². The molecule has 1 aromatic heterocycles. The Balaban J connectivity index is 0.941.